The number of carbonyl (C=O) groups excluding carboxylic acids is 2. The highest BCUT2D eigenvalue weighted by Gasteiger charge is 2.31. The van der Waals surface area contributed by atoms with Gasteiger partial charge in [0.25, 0.3) is 5.91 Å². The van der Waals surface area contributed by atoms with E-state index in [1.165, 1.54) is 30.3 Å². The predicted molar refractivity (Wildman–Crippen MR) is 199 cm³/mol. The van der Waals surface area contributed by atoms with Gasteiger partial charge in [0, 0.05) is 35.2 Å². The van der Waals surface area contributed by atoms with Gasteiger partial charge in [-0.2, -0.15) is 0 Å². The van der Waals surface area contributed by atoms with Gasteiger partial charge < -0.3 is 19.4 Å². The molecular formula is C41H51F3N2O4. The Morgan fingerprint density at radius 2 is 1.52 bits per heavy atom. The number of esters is 1. The number of halogens is 3. The average molecular weight is 693 g/mol. The Hall–Kier alpha value is -5.05. The van der Waals surface area contributed by atoms with Gasteiger partial charge in [-0.15, -0.1) is 13.2 Å². The lowest BCUT2D eigenvalue weighted by Gasteiger charge is -2.21. The van der Waals surface area contributed by atoms with Gasteiger partial charge in [-0.05, 0) is 98.9 Å². The molecule has 0 bridgehead atoms. The van der Waals surface area contributed by atoms with Gasteiger partial charge in [0.1, 0.15) is 11.4 Å². The maximum Gasteiger partial charge on any atom is 0.573 e. The number of nitrogens with zero attached hydrogens (tertiary/aromatic N) is 1. The van der Waals surface area contributed by atoms with Crippen LogP contribution in [0.25, 0.3) is 10.9 Å². The van der Waals surface area contributed by atoms with E-state index < -0.39 is 17.9 Å². The first kappa shape index (κ1) is 43.0. The van der Waals surface area contributed by atoms with Crippen LogP contribution in [0, 0.1) is 13.8 Å². The molecule has 3 aromatic rings. The number of allylic oxidation sites excluding steroid dienone is 6. The van der Waals surface area contributed by atoms with E-state index in [0.29, 0.717) is 28.8 Å². The molecule has 50 heavy (non-hydrogen) atoms. The average Bonchev–Trinajstić information content (AvgIpc) is 3.29. The molecule has 0 fully saturated rings. The topological polar surface area (TPSA) is 69.6 Å². The number of rotatable bonds is 12. The molecule has 0 spiro atoms. The molecule has 0 unspecified atom stereocenters. The van der Waals surface area contributed by atoms with Gasteiger partial charge in [-0.1, -0.05) is 84.4 Å². The highest BCUT2D eigenvalue weighted by Crippen LogP contribution is 2.28. The van der Waals surface area contributed by atoms with Crippen molar-refractivity contribution in [3.63, 3.8) is 0 Å². The molecule has 0 aliphatic heterocycles. The van der Waals surface area contributed by atoms with Crippen LogP contribution >= 0.6 is 0 Å². The van der Waals surface area contributed by atoms with Crippen LogP contribution in [0.2, 0.25) is 0 Å². The Morgan fingerprint density at radius 1 is 0.920 bits per heavy atom. The van der Waals surface area contributed by atoms with Crippen molar-refractivity contribution in [2.75, 3.05) is 0 Å². The fourth-order valence-electron chi connectivity index (χ4n) is 4.58. The summed E-state index contributed by atoms with van der Waals surface area (Å²) in [6.07, 6.45) is 1.84. The molecule has 1 heterocycles. The van der Waals surface area contributed by atoms with Gasteiger partial charge >= 0.3 is 12.3 Å². The lowest BCUT2D eigenvalue weighted by Crippen LogP contribution is -2.25. The van der Waals surface area contributed by atoms with Crippen LogP contribution in [0.4, 0.5) is 13.2 Å². The first-order chi connectivity index (χ1) is 23.4. The number of nitrogens with one attached hydrogen (secondary N) is 1. The number of hydrogen-bond donors (Lipinski definition) is 1. The van der Waals surface area contributed by atoms with Crippen molar-refractivity contribution in [3.05, 3.63) is 138 Å². The molecule has 0 radical (unpaired) electrons. The minimum Gasteiger partial charge on any atom is -0.456 e. The van der Waals surface area contributed by atoms with Crippen LogP contribution in [-0.2, 0) is 22.6 Å². The van der Waals surface area contributed by atoms with Crippen LogP contribution in [0.5, 0.6) is 5.75 Å². The van der Waals surface area contributed by atoms with E-state index >= 15 is 0 Å². The summed E-state index contributed by atoms with van der Waals surface area (Å²) in [7, 11) is 0. The van der Waals surface area contributed by atoms with Crippen molar-refractivity contribution in [2.45, 2.75) is 87.4 Å². The van der Waals surface area contributed by atoms with Crippen LogP contribution in [0.1, 0.15) is 75.6 Å². The maximum absolute atomic E-state index is 12.9. The quantitative estimate of drug-likeness (QED) is 0.117. The smallest absolute Gasteiger partial charge is 0.456 e. The third-order valence-electron chi connectivity index (χ3n) is 7.01. The first-order valence-electron chi connectivity index (χ1n) is 16.4. The minimum atomic E-state index is -4.77. The van der Waals surface area contributed by atoms with Crippen LogP contribution in [0.3, 0.4) is 0 Å². The molecule has 0 aliphatic carbocycles. The number of ether oxygens (including phenoxy) is 2. The van der Waals surface area contributed by atoms with E-state index in [4.69, 9.17) is 4.74 Å². The fourth-order valence-corrected chi connectivity index (χ4v) is 4.58. The highest BCUT2D eigenvalue weighted by atomic mass is 19.4. The summed E-state index contributed by atoms with van der Waals surface area (Å²) < 4.78 is 48.7. The monoisotopic (exact) mass is 692 g/mol. The standard InChI is InChI=1S/C37H39F3N2O4.2C2H6/c1-10-11-31(35(44)46-36(7,8)9)25(4)24(3)13-12-23(2)22-42-27(6)26(5)32-20-29(16-19-33(32)42)34(43)41-21-28-14-17-30(18-15-28)45-37(38,39)40;2*1-2/h10-20H,1-4,21-22H2,5-9H3,(H,41,43);2*1-2H3/b13-12-,31-11+;;. The zero-order valence-electron chi connectivity index (χ0n) is 30.8. The Kier molecular flexibility index (Phi) is 16.5. The summed E-state index contributed by atoms with van der Waals surface area (Å²) in [6.45, 7) is 33.9. The second-order valence-electron chi connectivity index (χ2n) is 11.7. The largest absolute Gasteiger partial charge is 0.573 e. The third-order valence-corrected chi connectivity index (χ3v) is 7.01. The molecule has 1 amide bonds. The number of amides is 1. The summed E-state index contributed by atoms with van der Waals surface area (Å²) in [6, 6.07) is 10.7. The minimum absolute atomic E-state index is 0.134. The van der Waals surface area contributed by atoms with E-state index in [9.17, 15) is 22.8 Å². The SMILES string of the molecule is C=C/C=C(\C(=C)C(=C)/C=C\C(=C)Cn1c(C)c(C)c2cc(C(=O)NCc3ccc(OC(F)(F)F)cc3)ccc21)C(=O)OC(C)(C)C.CC.CC. The summed E-state index contributed by atoms with van der Waals surface area (Å²) in [5.74, 6) is -1.16. The molecule has 1 N–H and O–H groups in total. The van der Waals surface area contributed by atoms with Gasteiger partial charge in [-0.25, -0.2) is 4.79 Å². The number of benzene rings is 2. The Labute approximate surface area is 295 Å². The number of aromatic nitrogens is 1. The van der Waals surface area contributed by atoms with Crippen molar-refractivity contribution in [2.24, 2.45) is 0 Å². The number of hydrogen-bond acceptors (Lipinski definition) is 4. The second kappa shape index (κ2) is 19.2. The molecule has 9 heteroatoms. The molecule has 0 aliphatic rings. The van der Waals surface area contributed by atoms with Gasteiger partial charge in [0.05, 0.1) is 5.57 Å². The molecule has 1 aromatic heterocycles. The van der Waals surface area contributed by atoms with Crippen LogP contribution in [0.15, 0.2) is 115 Å². The third kappa shape index (κ3) is 12.8. The second-order valence-corrected chi connectivity index (χ2v) is 11.7. The maximum atomic E-state index is 12.9. The normalized spacial score (nSPS) is 11.5. The fraction of sp³-hybridized carbons (Fsp3) is 0.317. The first-order valence-corrected chi connectivity index (χ1v) is 16.4. The lowest BCUT2D eigenvalue weighted by molar-refractivity contribution is -0.274. The zero-order chi connectivity index (χ0) is 38.4. The molecule has 270 valence electrons. The highest BCUT2D eigenvalue weighted by molar-refractivity contribution is 5.99. The number of carbonyl (C=O) groups is 2. The van der Waals surface area contributed by atoms with E-state index in [1.54, 1.807) is 39.0 Å². The van der Waals surface area contributed by atoms with Crippen molar-refractivity contribution in [1.82, 2.24) is 9.88 Å². The zero-order valence-corrected chi connectivity index (χ0v) is 30.8. The summed E-state index contributed by atoms with van der Waals surface area (Å²) in [4.78, 5) is 25.6. The van der Waals surface area contributed by atoms with Crippen LogP contribution < -0.4 is 10.1 Å². The number of alkyl halides is 3. The van der Waals surface area contributed by atoms with Gasteiger partial charge in [0.15, 0.2) is 0 Å². The molecule has 2 aromatic carbocycles. The Bertz CT molecular complexity index is 1750. The molecule has 0 saturated heterocycles. The molecule has 6 nitrogen and oxygen atoms in total. The number of fused-ring (bicyclic) bond motifs is 1. The van der Waals surface area contributed by atoms with Gasteiger partial charge in [-0.3, -0.25) is 4.79 Å². The Balaban J connectivity index is 0.00000301. The molecular weight excluding hydrogens is 641 g/mol. The van der Waals surface area contributed by atoms with E-state index in [1.807, 2.05) is 59.8 Å². The molecule has 0 atom stereocenters. The van der Waals surface area contributed by atoms with Crippen LogP contribution in [-0.4, -0.2) is 28.4 Å². The van der Waals surface area contributed by atoms with Crippen molar-refractivity contribution in [3.8, 4) is 5.75 Å². The van der Waals surface area contributed by atoms with E-state index in [2.05, 4.69) is 40.9 Å². The van der Waals surface area contributed by atoms with E-state index in [-0.39, 0.29) is 23.8 Å². The van der Waals surface area contributed by atoms with Crippen molar-refractivity contribution < 1.29 is 32.2 Å². The summed E-state index contributed by atoms with van der Waals surface area (Å²) in [5, 5.41) is 3.71. The summed E-state index contributed by atoms with van der Waals surface area (Å²) >= 11 is 0. The predicted octanol–water partition coefficient (Wildman–Crippen LogP) is 10.8. The summed E-state index contributed by atoms with van der Waals surface area (Å²) in [5.41, 5.74) is 5.31. The van der Waals surface area contributed by atoms with Crippen molar-refractivity contribution in [1.29, 1.82) is 0 Å². The van der Waals surface area contributed by atoms with E-state index in [0.717, 1.165) is 27.7 Å². The Morgan fingerprint density at radius 3 is 2.06 bits per heavy atom. The lowest BCUT2D eigenvalue weighted by atomic mass is 9.99. The van der Waals surface area contributed by atoms with Gasteiger partial charge in [0.2, 0.25) is 0 Å². The molecule has 3 rings (SSSR count). The molecule has 0 saturated carbocycles. The number of aryl methyl sites for hydroxylation is 1. The van der Waals surface area contributed by atoms with Crippen molar-refractivity contribution >= 4 is 22.8 Å².